The van der Waals surface area contributed by atoms with Gasteiger partial charge >= 0.3 is 0 Å². The molecule has 0 atom stereocenters. The van der Waals surface area contributed by atoms with Crippen LogP contribution in [0.5, 0.6) is 0 Å². The Morgan fingerprint density at radius 1 is 1.17 bits per heavy atom. The predicted octanol–water partition coefficient (Wildman–Crippen LogP) is 3.43. The molecule has 1 fully saturated rings. The Labute approximate surface area is 175 Å². The van der Waals surface area contributed by atoms with E-state index in [9.17, 15) is 4.79 Å². The van der Waals surface area contributed by atoms with Crippen LogP contribution in [0.2, 0.25) is 0 Å². The monoisotopic (exact) mass is 410 g/mol. The number of likely N-dealkylation sites (tertiary alicyclic amines) is 1. The quantitative estimate of drug-likeness (QED) is 0.697. The van der Waals surface area contributed by atoms with E-state index in [4.69, 9.17) is 0 Å². The number of nitrogens with zero attached hydrogens (tertiary/aromatic N) is 5. The highest BCUT2D eigenvalue weighted by Crippen LogP contribution is 2.29. The van der Waals surface area contributed by atoms with E-state index in [-0.39, 0.29) is 12.8 Å². The molecular weight excluding hydrogens is 383 g/mol. The third-order valence-electron chi connectivity index (χ3n) is 5.52. The Morgan fingerprint density at radius 2 is 1.90 bits per heavy atom. The zero-order valence-electron chi connectivity index (χ0n) is 17.6. The van der Waals surface area contributed by atoms with Crippen molar-refractivity contribution in [3.63, 3.8) is 0 Å². The molecular formula is C22H27FN6O. The fraction of sp³-hybridized carbons (Fsp3) is 0.455. The maximum absolute atomic E-state index is 15.3. The molecule has 0 unspecified atom stereocenters. The van der Waals surface area contributed by atoms with Crippen LogP contribution in [0.1, 0.15) is 26.7 Å². The summed E-state index contributed by atoms with van der Waals surface area (Å²) in [6.45, 7) is 6.40. The number of aryl methyl sites for hydroxylation is 1. The highest BCUT2D eigenvalue weighted by molar-refractivity contribution is 5.98. The molecule has 1 saturated heterocycles. The van der Waals surface area contributed by atoms with Gasteiger partial charge in [-0.15, -0.1) is 0 Å². The molecule has 1 aliphatic rings. The number of amides is 1. The number of rotatable bonds is 5. The largest absolute Gasteiger partial charge is 0.308 e. The first kappa shape index (κ1) is 20.4. The van der Waals surface area contributed by atoms with Gasteiger partial charge in [-0.25, -0.2) is 9.37 Å². The number of hydrogen-bond acceptors (Lipinski definition) is 5. The van der Waals surface area contributed by atoms with Crippen LogP contribution < -0.4 is 5.32 Å². The summed E-state index contributed by atoms with van der Waals surface area (Å²) in [5.74, 6) is 0.261. The molecule has 0 aliphatic carbocycles. The first-order chi connectivity index (χ1) is 14.3. The van der Waals surface area contributed by atoms with E-state index in [0.29, 0.717) is 24.8 Å². The van der Waals surface area contributed by atoms with Crippen molar-refractivity contribution in [3.8, 4) is 11.3 Å². The second kappa shape index (κ2) is 8.10. The Kier molecular flexibility index (Phi) is 5.51. The molecule has 0 aromatic carbocycles. The number of fused-ring (bicyclic) bond motifs is 1. The van der Waals surface area contributed by atoms with E-state index in [2.05, 4.69) is 39.1 Å². The Morgan fingerprint density at radius 3 is 2.57 bits per heavy atom. The first-order valence-corrected chi connectivity index (χ1v) is 10.3. The van der Waals surface area contributed by atoms with Gasteiger partial charge in [-0.1, -0.05) is 13.8 Å². The zero-order valence-corrected chi connectivity index (χ0v) is 17.6. The van der Waals surface area contributed by atoms with E-state index in [1.807, 2.05) is 19.3 Å². The number of hydrogen-bond donors (Lipinski definition) is 1. The van der Waals surface area contributed by atoms with Crippen LogP contribution in [-0.2, 0) is 11.8 Å². The fourth-order valence-electron chi connectivity index (χ4n) is 3.88. The molecule has 7 nitrogen and oxygen atoms in total. The number of piperidine rings is 1. The van der Waals surface area contributed by atoms with Crippen molar-refractivity contribution in [2.24, 2.45) is 13.0 Å². The lowest BCUT2D eigenvalue weighted by Crippen LogP contribution is -2.49. The fourth-order valence-corrected chi connectivity index (χ4v) is 3.88. The van der Waals surface area contributed by atoms with Crippen molar-refractivity contribution in [1.29, 1.82) is 0 Å². The third-order valence-corrected chi connectivity index (χ3v) is 5.52. The van der Waals surface area contributed by atoms with Gasteiger partial charge in [0.25, 0.3) is 5.91 Å². The maximum atomic E-state index is 15.3. The summed E-state index contributed by atoms with van der Waals surface area (Å²) in [4.78, 5) is 23.6. The van der Waals surface area contributed by atoms with Gasteiger partial charge in [0.1, 0.15) is 5.82 Å². The molecule has 4 rings (SSSR count). The molecule has 30 heavy (non-hydrogen) atoms. The number of aromatic nitrogens is 4. The van der Waals surface area contributed by atoms with Crippen molar-refractivity contribution in [3.05, 3.63) is 36.9 Å². The third kappa shape index (κ3) is 4.33. The van der Waals surface area contributed by atoms with Crippen molar-refractivity contribution in [2.45, 2.75) is 32.4 Å². The average Bonchev–Trinajstić information content (AvgIpc) is 3.15. The van der Waals surface area contributed by atoms with Crippen LogP contribution in [0.3, 0.4) is 0 Å². The molecule has 0 spiro atoms. The first-order valence-electron chi connectivity index (χ1n) is 10.3. The minimum atomic E-state index is -1.86. The number of anilines is 1. The van der Waals surface area contributed by atoms with Crippen molar-refractivity contribution < 1.29 is 9.18 Å². The summed E-state index contributed by atoms with van der Waals surface area (Å²) in [6, 6.07) is 3.67. The minimum absolute atomic E-state index is 0.203. The lowest BCUT2D eigenvalue weighted by molar-refractivity contribution is -0.130. The molecule has 0 saturated carbocycles. The van der Waals surface area contributed by atoms with Gasteiger partial charge in [0.15, 0.2) is 5.67 Å². The number of carbonyl (C=O) groups excluding carboxylic acids is 1. The van der Waals surface area contributed by atoms with Gasteiger partial charge in [-0.3, -0.25) is 14.5 Å². The normalized spacial score (nSPS) is 16.8. The number of carbonyl (C=O) groups is 1. The second-order valence-electron chi connectivity index (χ2n) is 8.50. The van der Waals surface area contributed by atoms with Crippen LogP contribution in [-0.4, -0.2) is 55.9 Å². The van der Waals surface area contributed by atoms with E-state index in [1.54, 1.807) is 29.3 Å². The lowest BCUT2D eigenvalue weighted by Gasteiger charge is -2.36. The van der Waals surface area contributed by atoms with Gasteiger partial charge in [-0.2, -0.15) is 5.10 Å². The molecule has 8 heteroatoms. The summed E-state index contributed by atoms with van der Waals surface area (Å²) in [7, 11) is 1.85. The standard InChI is InChI=1S/C22H27FN6O/c1-15(2)13-29-6-4-22(23,5-7-29)21(30)27-20-9-16-8-19(18-12-26-28(3)14-18)24-10-17(16)11-25-20/h8-12,14-15H,4-7,13H2,1-3H3,(H,25,27,30). The topological polar surface area (TPSA) is 75.9 Å². The van der Waals surface area contributed by atoms with Crippen LogP contribution in [0.15, 0.2) is 36.9 Å². The maximum Gasteiger partial charge on any atom is 0.263 e. The zero-order chi connectivity index (χ0) is 21.3. The molecule has 1 amide bonds. The van der Waals surface area contributed by atoms with E-state index in [1.165, 1.54) is 0 Å². The smallest absolute Gasteiger partial charge is 0.263 e. The van der Waals surface area contributed by atoms with Crippen LogP contribution >= 0.6 is 0 Å². The summed E-state index contributed by atoms with van der Waals surface area (Å²) < 4.78 is 17.0. The van der Waals surface area contributed by atoms with Gasteiger partial charge in [-0.05, 0) is 23.4 Å². The Balaban J connectivity index is 1.48. The van der Waals surface area contributed by atoms with Crippen LogP contribution in [0.4, 0.5) is 10.2 Å². The number of nitrogens with one attached hydrogen (secondary N) is 1. The van der Waals surface area contributed by atoms with E-state index >= 15 is 4.39 Å². The lowest BCUT2D eigenvalue weighted by atomic mass is 9.92. The molecule has 1 N–H and O–H groups in total. The number of halogens is 1. The highest BCUT2D eigenvalue weighted by Gasteiger charge is 2.41. The highest BCUT2D eigenvalue weighted by atomic mass is 19.1. The molecule has 158 valence electrons. The van der Waals surface area contributed by atoms with Gasteiger partial charge in [0.05, 0.1) is 11.9 Å². The van der Waals surface area contributed by atoms with Crippen molar-refractivity contribution in [1.82, 2.24) is 24.6 Å². The van der Waals surface area contributed by atoms with Crippen molar-refractivity contribution in [2.75, 3.05) is 25.0 Å². The Bertz CT molecular complexity index is 1050. The second-order valence-corrected chi connectivity index (χ2v) is 8.50. The van der Waals surface area contributed by atoms with E-state index in [0.717, 1.165) is 28.6 Å². The van der Waals surface area contributed by atoms with Crippen LogP contribution in [0, 0.1) is 5.92 Å². The van der Waals surface area contributed by atoms with Crippen molar-refractivity contribution >= 4 is 22.5 Å². The van der Waals surface area contributed by atoms with Crippen LogP contribution in [0.25, 0.3) is 22.0 Å². The number of alkyl halides is 1. The molecule has 0 bridgehead atoms. The minimum Gasteiger partial charge on any atom is -0.308 e. The summed E-state index contributed by atoms with van der Waals surface area (Å²) in [6.07, 6.45) is 7.41. The molecule has 4 heterocycles. The SMILES string of the molecule is CC(C)CN1CCC(F)(C(=O)Nc2cc3cc(-c4cnn(C)c4)ncc3cn2)CC1. The van der Waals surface area contributed by atoms with E-state index < -0.39 is 11.6 Å². The molecule has 3 aromatic rings. The summed E-state index contributed by atoms with van der Waals surface area (Å²) in [5, 5.41) is 8.57. The predicted molar refractivity (Wildman–Crippen MR) is 115 cm³/mol. The van der Waals surface area contributed by atoms with Gasteiger partial charge in [0, 0.05) is 69.1 Å². The summed E-state index contributed by atoms with van der Waals surface area (Å²) >= 11 is 0. The Hall–Kier alpha value is -2.87. The number of pyridine rings is 2. The van der Waals surface area contributed by atoms with Gasteiger partial charge in [0.2, 0.25) is 0 Å². The molecule has 3 aromatic heterocycles. The van der Waals surface area contributed by atoms with Gasteiger partial charge < -0.3 is 10.2 Å². The molecule has 1 aliphatic heterocycles. The molecule has 0 radical (unpaired) electrons. The average molecular weight is 410 g/mol. The summed E-state index contributed by atoms with van der Waals surface area (Å²) in [5.41, 5.74) is -0.181.